The molecule has 1 aliphatic carbocycles. The Morgan fingerprint density at radius 3 is 3.00 bits per heavy atom. The summed E-state index contributed by atoms with van der Waals surface area (Å²) < 4.78 is 13.1. The van der Waals surface area contributed by atoms with Gasteiger partial charge in [0.15, 0.2) is 0 Å². The molecule has 2 aliphatic rings. The van der Waals surface area contributed by atoms with Gasteiger partial charge < -0.3 is 10.6 Å². The first-order chi connectivity index (χ1) is 8.63. The van der Waals surface area contributed by atoms with Crippen LogP contribution < -0.4 is 10.6 Å². The number of hydrogen-bond donors (Lipinski definition) is 2. The summed E-state index contributed by atoms with van der Waals surface area (Å²) in [6.45, 7) is 0.922. The molecule has 96 valence electrons. The van der Waals surface area contributed by atoms with Crippen molar-refractivity contribution in [3.63, 3.8) is 0 Å². The van der Waals surface area contributed by atoms with Crippen LogP contribution in [0.5, 0.6) is 0 Å². The van der Waals surface area contributed by atoms with Crippen LogP contribution in [0.1, 0.15) is 23.5 Å². The molecule has 3 unspecified atom stereocenters. The lowest BCUT2D eigenvalue weighted by molar-refractivity contribution is 0.0913. The van der Waals surface area contributed by atoms with E-state index in [1.807, 2.05) is 0 Å². The molecule has 0 aromatic carbocycles. The Morgan fingerprint density at radius 2 is 2.39 bits per heavy atom. The van der Waals surface area contributed by atoms with Gasteiger partial charge >= 0.3 is 0 Å². The Bertz CT molecular complexity index is 498. The van der Waals surface area contributed by atoms with Gasteiger partial charge in [-0.3, -0.25) is 4.79 Å². The molecule has 1 aromatic rings. The average Bonchev–Trinajstić information content (AvgIpc) is 2.94. The molecule has 7 heteroatoms. The number of nitrogens with one attached hydrogen (secondary N) is 2. The maximum Gasteiger partial charge on any atom is 0.289 e. The van der Waals surface area contributed by atoms with Crippen LogP contribution in [0.4, 0.5) is 4.39 Å². The quantitative estimate of drug-likeness (QED) is 0.779. The Morgan fingerprint density at radius 1 is 1.56 bits per heavy atom. The maximum atomic E-state index is 13.1. The number of fused-ring (bicyclic) bond motifs is 2. The van der Waals surface area contributed by atoms with E-state index in [4.69, 9.17) is 11.6 Å². The highest BCUT2D eigenvalue weighted by Crippen LogP contribution is 2.31. The van der Waals surface area contributed by atoms with Crippen molar-refractivity contribution in [1.29, 1.82) is 0 Å². The van der Waals surface area contributed by atoms with Crippen LogP contribution in [0.3, 0.4) is 0 Å². The van der Waals surface area contributed by atoms with Gasteiger partial charge in [-0.2, -0.15) is 9.37 Å². The van der Waals surface area contributed by atoms with Crippen LogP contribution >= 0.6 is 11.6 Å². The van der Waals surface area contributed by atoms with Crippen molar-refractivity contribution in [1.82, 2.24) is 20.6 Å². The normalized spacial score (nSPS) is 29.6. The first-order valence-electron chi connectivity index (χ1n) is 5.86. The Labute approximate surface area is 108 Å². The topological polar surface area (TPSA) is 66.9 Å². The van der Waals surface area contributed by atoms with Gasteiger partial charge in [0.1, 0.15) is 5.02 Å². The second-order valence-electron chi connectivity index (χ2n) is 4.75. The number of halogens is 2. The summed E-state index contributed by atoms with van der Waals surface area (Å²) in [5, 5.41) is 6.03. The summed E-state index contributed by atoms with van der Waals surface area (Å²) in [5.74, 6) is -1.03. The van der Waals surface area contributed by atoms with Crippen molar-refractivity contribution in [3.05, 3.63) is 23.0 Å². The number of rotatable bonds is 2. The Balaban J connectivity index is 1.69. The predicted molar refractivity (Wildman–Crippen MR) is 62.8 cm³/mol. The Hall–Kier alpha value is -1.27. The highest BCUT2D eigenvalue weighted by molar-refractivity contribution is 6.30. The fraction of sp³-hybridized carbons (Fsp3) is 0.545. The number of hydrogen-bond acceptors (Lipinski definition) is 4. The zero-order valence-corrected chi connectivity index (χ0v) is 10.2. The molecular weight excluding hydrogens is 259 g/mol. The number of carbonyl (C=O) groups excluding carboxylic acids is 1. The van der Waals surface area contributed by atoms with Gasteiger partial charge in [-0.15, -0.1) is 0 Å². The van der Waals surface area contributed by atoms with Crippen molar-refractivity contribution in [2.45, 2.75) is 24.9 Å². The molecule has 0 radical (unpaired) electrons. The third kappa shape index (κ3) is 2.06. The van der Waals surface area contributed by atoms with Crippen LogP contribution in [-0.4, -0.2) is 34.5 Å². The first kappa shape index (κ1) is 11.8. The predicted octanol–water partition coefficient (Wildman–Crippen LogP) is 0.749. The molecule has 1 saturated heterocycles. The van der Waals surface area contributed by atoms with Crippen molar-refractivity contribution >= 4 is 17.5 Å². The molecule has 0 spiro atoms. The minimum absolute atomic E-state index is 0.131. The minimum Gasteiger partial charge on any atom is -0.346 e. The van der Waals surface area contributed by atoms with Gasteiger partial charge in [-0.25, -0.2) is 4.98 Å². The lowest BCUT2D eigenvalue weighted by atomic mass is 10.0. The maximum absolute atomic E-state index is 13.1. The SMILES string of the molecule is O=C(NC1CC2CC1CN2)c1ncc(Cl)c(F)n1. The molecule has 1 aliphatic heterocycles. The molecule has 2 N–H and O–H groups in total. The van der Waals surface area contributed by atoms with Crippen molar-refractivity contribution in [2.75, 3.05) is 6.54 Å². The van der Waals surface area contributed by atoms with E-state index < -0.39 is 11.9 Å². The van der Waals surface area contributed by atoms with Crippen molar-refractivity contribution in [2.24, 2.45) is 5.92 Å². The lowest BCUT2D eigenvalue weighted by Crippen LogP contribution is -2.44. The summed E-state index contributed by atoms with van der Waals surface area (Å²) in [5.41, 5.74) is 0. The van der Waals surface area contributed by atoms with Gasteiger partial charge in [0.2, 0.25) is 11.8 Å². The summed E-state index contributed by atoms with van der Waals surface area (Å²) in [6.07, 6.45) is 3.09. The molecule has 2 bridgehead atoms. The van der Waals surface area contributed by atoms with Gasteiger partial charge in [0.05, 0.1) is 6.20 Å². The largest absolute Gasteiger partial charge is 0.346 e. The molecule has 2 fully saturated rings. The average molecular weight is 271 g/mol. The van der Waals surface area contributed by atoms with E-state index in [9.17, 15) is 9.18 Å². The zero-order valence-electron chi connectivity index (χ0n) is 9.49. The lowest BCUT2D eigenvalue weighted by Gasteiger charge is -2.23. The van der Waals surface area contributed by atoms with Crippen LogP contribution in [0.15, 0.2) is 6.20 Å². The minimum atomic E-state index is -0.869. The standard InChI is InChI=1S/C11H12ClFN4O/c12-7-4-15-10(17-9(7)13)11(18)16-8-2-6-1-5(8)3-14-6/h4-6,8,14H,1-3H2,(H,16,18). The number of piperidine rings is 1. The molecule has 3 rings (SSSR count). The molecule has 1 amide bonds. The van der Waals surface area contributed by atoms with E-state index in [-0.39, 0.29) is 16.9 Å². The summed E-state index contributed by atoms with van der Waals surface area (Å²) >= 11 is 5.47. The van der Waals surface area contributed by atoms with E-state index in [1.54, 1.807) is 0 Å². The van der Waals surface area contributed by atoms with E-state index in [0.29, 0.717) is 12.0 Å². The summed E-state index contributed by atoms with van der Waals surface area (Å²) in [6, 6.07) is 0.620. The van der Waals surface area contributed by atoms with E-state index >= 15 is 0 Å². The van der Waals surface area contributed by atoms with Crippen LogP contribution in [-0.2, 0) is 0 Å². The second-order valence-corrected chi connectivity index (χ2v) is 5.16. The zero-order chi connectivity index (χ0) is 12.7. The molecule has 1 aromatic heterocycles. The molecule has 18 heavy (non-hydrogen) atoms. The van der Waals surface area contributed by atoms with Gasteiger partial charge in [-0.05, 0) is 18.8 Å². The fourth-order valence-corrected chi connectivity index (χ4v) is 2.79. The van der Waals surface area contributed by atoms with Crippen molar-refractivity contribution < 1.29 is 9.18 Å². The van der Waals surface area contributed by atoms with E-state index in [2.05, 4.69) is 20.6 Å². The Kier molecular flexibility index (Phi) is 2.91. The second kappa shape index (κ2) is 4.44. The van der Waals surface area contributed by atoms with Crippen LogP contribution in [0.2, 0.25) is 5.02 Å². The van der Waals surface area contributed by atoms with E-state index in [0.717, 1.165) is 25.6 Å². The third-order valence-electron chi connectivity index (χ3n) is 3.58. The van der Waals surface area contributed by atoms with Crippen LogP contribution in [0, 0.1) is 11.9 Å². The number of amides is 1. The fourth-order valence-electron chi connectivity index (χ4n) is 2.70. The highest BCUT2D eigenvalue weighted by Gasteiger charge is 2.40. The molecule has 1 saturated carbocycles. The summed E-state index contributed by atoms with van der Waals surface area (Å²) in [7, 11) is 0. The number of aromatic nitrogens is 2. The number of nitrogens with zero attached hydrogens (tertiary/aromatic N) is 2. The first-order valence-corrected chi connectivity index (χ1v) is 6.23. The molecule has 2 heterocycles. The molecular formula is C11H12ClFN4O. The van der Waals surface area contributed by atoms with Gasteiger partial charge in [0.25, 0.3) is 5.91 Å². The monoisotopic (exact) mass is 270 g/mol. The smallest absolute Gasteiger partial charge is 0.289 e. The van der Waals surface area contributed by atoms with Crippen LogP contribution in [0.25, 0.3) is 0 Å². The summed E-state index contributed by atoms with van der Waals surface area (Å²) in [4.78, 5) is 19.0. The van der Waals surface area contributed by atoms with E-state index in [1.165, 1.54) is 0 Å². The molecule has 5 nitrogen and oxygen atoms in total. The highest BCUT2D eigenvalue weighted by atomic mass is 35.5. The van der Waals surface area contributed by atoms with Crippen molar-refractivity contribution in [3.8, 4) is 0 Å². The number of carbonyl (C=O) groups is 1. The molecule has 3 atom stereocenters. The third-order valence-corrected chi connectivity index (χ3v) is 3.84. The van der Waals surface area contributed by atoms with Gasteiger partial charge in [0, 0.05) is 18.6 Å². The van der Waals surface area contributed by atoms with Gasteiger partial charge in [-0.1, -0.05) is 11.6 Å².